The number of anilines is 2. The summed E-state index contributed by atoms with van der Waals surface area (Å²) in [5.41, 5.74) is 1.00. The van der Waals surface area contributed by atoms with Crippen LogP contribution in [0.2, 0.25) is 0 Å². The fraction of sp³-hybridized carbons (Fsp3) is 0.714. The normalized spacial score (nSPS) is 11.1. The fourth-order valence-electron chi connectivity index (χ4n) is 1.90. The molecule has 0 saturated carbocycles. The number of nitrogens with one attached hydrogen (secondary N) is 1. The summed E-state index contributed by atoms with van der Waals surface area (Å²) in [6.45, 7) is 14.8. The zero-order valence-electron chi connectivity index (χ0n) is 12.5. The van der Waals surface area contributed by atoms with Crippen molar-refractivity contribution in [2.24, 2.45) is 5.92 Å². The van der Waals surface area contributed by atoms with E-state index in [1.54, 1.807) is 0 Å². The maximum atomic E-state index is 4.60. The Bertz CT molecular complexity index is 374. The SMILES string of the molecule is CCNc1nc(C)cc(N(CC(C)C)C(C)C)n1. The summed E-state index contributed by atoms with van der Waals surface area (Å²) in [5, 5.41) is 3.19. The number of aromatic nitrogens is 2. The summed E-state index contributed by atoms with van der Waals surface area (Å²) >= 11 is 0. The molecule has 1 aromatic rings. The Hall–Kier alpha value is -1.32. The molecule has 0 aliphatic carbocycles. The van der Waals surface area contributed by atoms with E-state index in [1.165, 1.54) is 0 Å². The summed E-state index contributed by atoms with van der Waals surface area (Å²) in [4.78, 5) is 11.3. The summed E-state index contributed by atoms with van der Waals surface area (Å²) in [7, 11) is 0. The lowest BCUT2D eigenvalue weighted by atomic mass is 10.2. The van der Waals surface area contributed by atoms with Crippen molar-refractivity contribution in [3.05, 3.63) is 11.8 Å². The zero-order chi connectivity index (χ0) is 13.7. The molecule has 0 aliphatic rings. The zero-order valence-corrected chi connectivity index (χ0v) is 12.5. The predicted octanol–water partition coefficient (Wildman–Crippen LogP) is 3.09. The molecule has 0 saturated heterocycles. The number of hydrogen-bond donors (Lipinski definition) is 1. The van der Waals surface area contributed by atoms with Gasteiger partial charge in [-0.25, -0.2) is 4.98 Å². The third-order valence-corrected chi connectivity index (χ3v) is 2.66. The summed E-state index contributed by atoms with van der Waals surface area (Å²) in [6.07, 6.45) is 0. The molecule has 1 rings (SSSR count). The monoisotopic (exact) mass is 250 g/mol. The quantitative estimate of drug-likeness (QED) is 0.842. The average molecular weight is 250 g/mol. The smallest absolute Gasteiger partial charge is 0.224 e. The van der Waals surface area contributed by atoms with Crippen molar-refractivity contribution in [1.82, 2.24) is 9.97 Å². The van der Waals surface area contributed by atoms with Gasteiger partial charge in [-0.15, -0.1) is 0 Å². The summed E-state index contributed by atoms with van der Waals surface area (Å²) in [6, 6.07) is 2.50. The Morgan fingerprint density at radius 3 is 2.39 bits per heavy atom. The van der Waals surface area contributed by atoms with Crippen LogP contribution in [0, 0.1) is 12.8 Å². The molecule has 0 fully saturated rings. The van der Waals surface area contributed by atoms with E-state index in [0.717, 1.165) is 30.5 Å². The van der Waals surface area contributed by atoms with Gasteiger partial charge in [0.05, 0.1) is 0 Å². The van der Waals surface area contributed by atoms with E-state index in [1.807, 2.05) is 6.92 Å². The van der Waals surface area contributed by atoms with Crippen molar-refractivity contribution in [3.8, 4) is 0 Å². The van der Waals surface area contributed by atoms with E-state index >= 15 is 0 Å². The van der Waals surface area contributed by atoms with Gasteiger partial charge in [0.2, 0.25) is 5.95 Å². The van der Waals surface area contributed by atoms with Gasteiger partial charge >= 0.3 is 0 Å². The van der Waals surface area contributed by atoms with Crippen LogP contribution in [0.4, 0.5) is 11.8 Å². The van der Waals surface area contributed by atoms with Crippen LogP contribution in [0.15, 0.2) is 6.07 Å². The van der Waals surface area contributed by atoms with Gasteiger partial charge < -0.3 is 10.2 Å². The van der Waals surface area contributed by atoms with E-state index in [2.05, 4.69) is 60.9 Å². The van der Waals surface area contributed by atoms with Crippen LogP contribution >= 0.6 is 0 Å². The van der Waals surface area contributed by atoms with Crippen molar-refractivity contribution in [2.75, 3.05) is 23.3 Å². The van der Waals surface area contributed by atoms with E-state index in [-0.39, 0.29) is 0 Å². The molecule has 0 aliphatic heterocycles. The Morgan fingerprint density at radius 1 is 1.22 bits per heavy atom. The maximum absolute atomic E-state index is 4.60. The predicted molar refractivity (Wildman–Crippen MR) is 78.3 cm³/mol. The Kier molecular flexibility index (Phi) is 5.38. The number of nitrogens with zero attached hydrogens (tertiary/aromatic N) is 3. The average Bonchev–Trinajstić information content (AvgIpc) is 2.24. The van der Waals surface area contributed by atoms with Crippen molar-refractivity contribution < 1.29 is 0 Å². The standard InChI is InChI=1S/C14H26N4/c1-7-15-14-16-12(6)8-13(17-14)18(11(4)5)9-10(2)3/h8,10-11H,7,9H2,1-6H3,(H,15,16,17). The van der Waals surface area contributed by atoms with Crippen LogP contribution in [0.25, 0.3) is 0 Å². The van der Waals surface area contributed by atoms with Crippen LogP contribution in [0.1, 0.15) is 40.3 Å². The molecular weight excluding hydrogens is 224 g/mol. The van der Waals surface area contributed by atoms with Crippen LogP contribution in [0.5, 0.6) is 0 Å². The molecule has 0 unspecified atom stereocenters. The van der Waals surface area contributed by atoms with Gasteiger partial charge in [0.15, 0.2) is 0 Å². The molecule has 0 amide bonds. The highest BCUT2D eigenvalue weighted by Crippen LogP contribution is 2.18. The minimum absolute atomic E-state index is 0.441. The topological polar surface area (TPSA) is 41.1 Å². The molecule has 1 heterocycles. The van der Waals surface area contributed by atoms with Crippen LogP contribution in [-0.4, -0.2) is 29.1 Å². The maximum Gasteiger partial charge on any atom is 0.224 e. The molecule has 4 heteroatoms. The van der Waals surface area contributed by atoms with Gasteiger partial charge in [0, 0.05) is 30.9 Å². The summed E-state index contributed by atoms with van der Waals surface area (Å²) < 4.78 is 0. The molecule has 0 aromatic carbocycles. The molecule has 1 aromatic heterocycles. The first-order valence-electron chi connectivity index (χ1n) is 6.80. The molecule has 0 bridgehead atoms. The lowest BCUT2D eigenvalue weighted by Crippen LogP contribution is -2.35. The Balaban J connectivity index is 3.03. The van der Waals surface area contributed by atoms with Gasteiger partial charge in [-0.2, -0.15) is 4.98 Å². The second-order valence-corrected chi connectivity index (χ2v) is 5.36. The lowest BCUT2D eigenvalue weighted by Gasteiger charge is -2.30. The first-order chi connectivity index (χ1) is 8.43. The van der Waals surface area contributed by atoms with Gasteiger partial charge in [0.25, 0.3) is 0 Å². The second kappa shape index (κ2) is 6.57. The molecule has 1 N–H and O–H groups in total. The van der Waals surface area contributed by atoms with Gasteiger partial charge in [-0.3, -0.25) is 0 Å². The molecule has 18 heavy (non-hydrogen) atoms. The van der Waals surface area contributed by atoms with Crippen molar-refractivity contribution in [3.63, 3.8) is 0 Å². The highest BCUT2D eigenvalue weighted by molar-refractivity contribution is 5.45. The van der Waals surface area contributed by atoms with Crippen LogP contribution < -0.4 is 10.2 Å². The first-order valence-corrected chi connectivity index (χ1v) is 6.80. The van der Waals surface area contributed by atoms with Gasteiger partial charge in [-0.1, -0.05) is 13.8 Å². The minimum Gasteiger partial charge on any atom is -0.354 e. The first kappa shape index (κ1) is 14.7. The molecule has 4 nitrogen and oxygen atoms in total. The molecule has 0 atom stereocenters. The molecule has 0 spiro atoms. The highest BCUT2D eigenvalue weighted by atomic mass is 15.2. The summed E-state index contributed by atoms with van der Waals surface area (Å²) in [5.74, 6) is 2.36. The number of hydrogen-bond acceptors (Lipinski definition) is 4. The lowest BCUT2D eigenvalue weighted by molar-refractivity contribution is 0.565. The number of aryl methyl sites for hydroxylation is 1. The second-order valence-electron chi connectivity index (χ2n) is 5.36. The van der Waals surface area contributed by atoms with Crippen molar-refractivity contribution in [2.45, 2.75) is 47.6 Å². The largest absolute Gasteiger partial charge is 0.354 e. The van der Waals surface area contributed by atoms with E-state index in [0.29, 0.717) is 12.0 Å². The van der Waals surface area contributed by atoms with Gasteiger partial charge in [0.1, 0.15) is 5.82 Å². The van der Waals surface area contributed by atoms with Crippen LogP contribution in [-0.2, 0) is 0 Å². The van der Waals surface area contributed by atoms with E-state index in [4.69, 9.17) is 0 Å². The molecule has 0 radical (unpaired) electrons. The molecular formula is C14H26N4. The minimum atomic E-state index is 0.441. The van der Waals surface area contributed by atoms with E-state index in [9.17, 15) is 0 Å². The van der Waals surface area contributed by atoms with Gasteiger partial charge in [-0.05, 0) is 33.6 Å². The number of rotatable bonds is 6. The van der Waals surface area contributed by atoms with Crippen molar-refractivity contribution in [1.29, 1.82) is 0 Å². The highest BCUT2D eigenvalue weighted by Gasteiger charge is 2.15. The third-order valence-electron chi connectivity index (χ3n) is 2.66. The Morgan fingerprint density at radius 2 is 1.89 bits per heavy atom. The molecule has 102 valence electrons. The third kappa shape index (κ3) is 4.17. The fourth-order valence-corrected chi connectivity index (χ4v) is 1.90. The Labute approximate surface area is 111 Å². The van der Waals surface area contributed by atoms with Crippen LogP contribution in [0.3, 0.4) is 0 Å². The van der Waals surface area contributed by atoms with E-state index < -0.39 is 0 Å². The van der Waals surface area contributed by atoms with Crippen molar-refractivity contribution >= 4 is 11.8 Å².